The molecule has 4 N–H and O–H groups in total. The highest BCUT2D eigenvalue weighted by molar-refractivity contribution is 5.79. The Morgan fingerprint density at radius 3 is 1.24 bits per heavy atom. The fourth-order valence-electron chi connectivity index (χ4n) is 2.33. The Kier molecular flexibility index (Phi) is 38.7. The van der Waals surface area contributed by atoms with E-state index in [1.807, 2.05) is 69.2 Å². The SMILES string of the molecule is CC(=O)C(C)C.CC(C)C(=O)N(C)C.CC(C)C(=O)NC1CC1.CC(F)CNC(=O)C(C)C.CNC(=O)C(C)C.COCCNC(=O)C(C)C. The molecular weight excluding hydrogens is 645 g/mol. The molecule has 12 nitrogen and oxygen atoms in total. The van der Waals surface area contributed by atoms with Crippen LogP contribution >= 0.6 is 0 Å². The molecule has 0 bridgehead atoms. The van der Waals surface area contributed by atoms with Crippen LogP contribution in [0.3, 0.4) is 0 Å². The molecular formula is C37H76FN5O7. The fraction of sp³-hybridized carbons (Fsp3) is 0.838. The Morgan fingerprint density at radius 2 is 1.04 bits per heavy atom. The summed E-state index contributed by atoms with van der Waals surface area (Å²) in [6.07, 6.45) is 1.40. The standard InChI is InChI=1S/C7H14FNO.C7H15NO2.C7H13NO.C6H13NO.C5H11NO.C5H10O/c1-5(2)7(10)9-4-6(3)8;1-6(2)7(9)8-4-5-10-3;1-5(2)7(9)8-6-3-4-6;1-5(2)6(8)7(3)4;1-4(2)5(7)6-3;1-4(2)5(3)6/h5-6H,4H2,1-3H3,(H,9,10);6H,4-5H2,1-3H3,(H,8,9);5-6H,3-4H2,1-2H3,(H,8,9);5H,1-4H3;4H,1-3H3,(H,6,7);4H,1-3H3. The zero-order valence-corrected chi connectivity index (χ0v) is 34.8. The summed E-state index contributed by atoms with van der Waals surface area (Å²) in [7, 11) is 6.79. The van der Waals surface area contributed by atoms with Gasteiger partial charge < -0.3 is 30.9 Å². The predicted molar refractivity (Wildman–Crippen MR) is 202 cm³/mol. The smallest absolute Gasteiger partial charge is 0.224 e. The molecule has 0 spiro atoms. The van der Waals surface area contributed by atoms with E-state index in [1.165, 1.54) is 19.8 Å². The van der Waals surface area contributed by atoms with Crippen molar-refractivity contribution >= 4 is 35.3 Å². The molecule has 1 aliphatic rings. The Balaban J connectivity index is -0.000000163. The highest BCUT2D eigenvalue weighted by Gasteiger charge is 2.23. The van der Waals surface area contributed by atoms with Crippen molar-refractivity contribution in [2.45, 2.75) is 122 Å². The van der Waals surface area contributed by atoms with E-state index in [9.17, 15) is 33.2 Å². The minimum atomic E-state index is -0.956. The highest BCUT2D eigenvalue weighted by atomic mass is 19.1. The molecule has 0 aromatic rings. The number of Topliss-reactive ketones (excluding diaryl/α,β-unsaturated/α-hetero) is 1. The maximum Gasteiger partial charge on any atom is 0.224 e. The molecule has 1 rings (SSSR count). The number of nitrogens with one attached hydrogen (secondary N) is 4. The summed E-state index contributed by atoms with van der Waals surface area (Å²) in [5.41, 5.74) is 0. The van der Waals surface area contributed by atoms with Crippen molar-refractivity contribution in [1.29, 1.82) is 0 Å². The average Bonchev–Trinajstić information content (AvgIpc) is 3.84. The Labute approximate surface area is 304 Å². The van der Waals surface area contributed by atoms with E-state index in [0.717, 1.165) is 0 Å². The topological polar surface area (TPSA) is 163 Å². The Bertz CT molecular complexity index is 908. The summed E-state index contributed by atoms with van der Waals surface area (Å²) in [5, 5.41) is 10.6. The van der Waals surface area contributed by atoms with Gasteiger partial charge in [0.1, 0.15) is 12.0 Å². The minimum absolute atomic E-state index is 0.0567. The number of amides is 5. The molecule has 50 heavy (non-hydrogen) atoms. The Hall–Kier alpha value is -3.09. The summed E-state index contributed by atoms with van der Waals surface area (Å²) in [6, 6.07) is 0.514. The summed E-state index contributed by atoms with van der Waals surface area (Å²) in [5.74, 6) is 1.33. The van der Waals surface area contributed by atoms with E-state index < -0.39 is 6.17 Å². The normalized spacial score (nSPS) is 11.9. The number of hydrogen-bond donors (Lipinski definition) is 4. The van der Waals surface area contributed by atoms with Crippen LogP contribution < -0.4 is 21.3 Å². The Morgan fingerprint density at radius 1 is 0.660 bits per heavy atom. The first-order valence-corrected chi connectivity index (χ1v) is 17.7. The lowest BCUT2D eigenvalue weighted by Crippen LogP contribution is -2.32. The van der Waals surface area contributed by atoms with E-state index >= 15 is 0 Å². The van der Waals surface area contributed by atoms with Crippen LogP contribution in [0.4, 0.5) is 4.39 Å². The number of rotatable bonds is 12. The molecule has 13 heteroatoms. The lowest BCUT2D eigenvalue weighted by Gasteiger charge is -2.11. The third-order valence-corrected chi connectivity index (χ3v) is 6.18. The second-order valence-electron chi connectivity index (χ2n) is 14.0. The van der Waals surface area contributed by atoms with Gasteiger partial charge in [0.2, 0.25) is 29.5 Å². The number of carbonyl (C=O) groups excluding carboxylic acids is 6. The minimum Gasteiger partial charge on any atom is -0.383 e. The number of alkyl halides is 1. The van der Waals surface area contributed by atoms with Gasteiger partial charge in [0.25, 0.3) is 0 Å². The zero-order valence-electron chi connectivity index (χ0n) is 34.8. The maximum absolute atomic E-state index is 12.1. The van der Waals surface area contributed by atoms with Crippen molar-refractivity contribution in [2.24, 2.45) is 35.5 Å². The molecule has 1 unspecified atom stereocenters. The maximum atomic E-state index is 12.1. The van der Waals surface area contributed by atoms with Gasteiger partial charge in [-0.2, -0.15) is 0 Å². The number of ether oxygens (including phenoxy) is 1. The van der Waals surface area contributed by atoms with Crippen molar-refractivity contribution in [1.82, 2.24) is 26.2 Å². The van der Waals surface area contributed by atoms with Crippen molar-refractivity contribution in [3.05, 3.63) is 0 Å². The molecule has 1 saturated carbocycles. The fourth-order valence-corrected chi connectivity index (χ4v) is 2.33. The van der Waals surface area contributed by atoms with E-state index in [1.54, 1.807) is 53.9 Å². The van der Waals surface area contributed by atoms with Gasteiger partial charge in [-0.1, -0.05) is 83.1 Å². The van der Waals surface area contributed by atoms with Crippen molar-refractivity contribution < 1.29 is 37.9 Å². The van der Waals surface area contributed by atoms with Crippen LogP contribution in [0.15, 0.2) is 0 Å². The summed E-state index contributed by atoms with van der Waals surface area (Å²) in [4.78, 5) is 65.4. The van der Waals surface area contributed by atoms with Crippen LogP contribution in [0.1, 0.15) is 110 Å². The third-order valence-electron chi connectivity index (χ3n) is 6.18. The molecule has 5 amide bonds. The van der Waals surface area contributed by atoms with Crippen LogP contribution in [-0.2, 0) is 33.5 Å². The predicted octanol–water partition coefficient (Wildman–Crippen LogP) is 4.79. The van der Waals surface area contributed by atoms with Crippen molar-refractivity contribution in [2.75, 3.05) is 47.9 Å². The van der Waals surface area contributed by atoms with Crippen LogP contribution in [0, 0.1) is 35.5 Å². The van der Waals surface area contributed by atoms with Gasteiger partial charge in [0.05, 0.1) is 6.61 Å². The number of ketones is 1. The second-order valence-corrected chi connectivity index (χ2v) is 14.0. The number of halogens is 1. The molecule has 0 aromatic heterocycles. The second kappa shape index (κ2) is 34.4. The molecule has 0 saturated heterocycles. The molecule has 298 valence electrons. The van der Waals surface area contributed by atoms with Gasteiger partial charge in [-0.15, -0.1) is 0 Å². The highest BCUT2D eigenvalue weighted by Crippen LogP contribution is 2.18. The van der Waals surface area contributed by atoms with Gasteiger partial charge in [0, 0.05) is 82.9 Å². The number of carbonyl (C=O) groups is 6. The molecule has 1 fully saturated rings. The van der Waals surface area contributed by atoms with Gasteiger partial charge in [-0.25, -0.2) is 4.39 Å². The van der Waals surface area contributed by atoms with Crippen molar-refractivity contribution in [3.63, 3.8) is 0 Å². The van der Waals surface area contributed by atoms with Crippen LogP contribution in [0.5, 0.6) is 0 Å². The molecule has 0 aliphatic heterocycles. The van der Waals surface area contributed by atoms with E-state index in [0.29, 0.717) is 19.2 Å². The van der Waals surface area contributed by atoms with E-state index in [4.69, 9.17) is 4.74 Å². The summed E-state index contributed by atoms with van der Waals surface area (Å²) >= 11 is 0. The summed E-state index contributed by atoms with van der Waals surface area (Å²) < 4.78 is 16.9. The molecule has 0 radical (unpaired) electrons. The monoisotopic (exact) mass is 722 g/mol. The van der Waals surface area contributed by atoms with Gasteiger partial charge in [-0.05, 0) is 26.7 Å². The first kappa shape index (κ1) is 56.3. The lowest BCUT2D eigenvalue weighted by atomic mass is 10.1. The summed E-state index contributed by atoms with van der Waals surface area (Å²) in [6.45, 7) is 26.7. The van der Waals surface area contributed by atoms with Crippen molar-refractivity contribution in [3.8, 4) is 0 Å². The zero-order chi connectivity index (χ0) is 40.7. The van der Waals surface area contributed by atoms with E-state index in [-0.39, 0.29) is 77.4 Å². The average molecular weight is 722 g/mol. The largest absolute Gasteiger partial charge is 0.383 e. The van der Waals surface area contributed by atoms with Crippen LogP contribution in [0.25, 0.3) is 0 Å². The molecule has 1 atom stereocenters. The molecule has 1 aliphatic carbocycles. The quantitative estimate of drug-likeness (QED) is 0.211. The van der Waals surface area contributed by atoms with Gasteiger partial charge >= 0.3 is 0 Å². The number of nitrogens with zero attached hydrogens (tertiary/aromatic N) is 1. The first-order chi connectivity index (χ1) is 22.8. The third kappa shape index (κ3) is 44.9. The van der Waals surface area contributed by atoms with Crippen LogP contribution in [0.2, 0.25) is 0 Å². The van der Waals surface area contributed by atoms with Crippen LogP contribution in [-0.4, -0.2) is 100 Å². The lowest BCUT2D eigenvalue weighted by molar-refractivity contribution is -0.132. The number of methoxy groups -OCH3 is 1. The van der Waals surface area contributed by atoms with E-state index in [2.05, 4.69) is 21.3 Å². The number of hydrogen-bond acceptors (Lipinski definition) is 7. The first-order valence-electron chi connectivity index (χ1n) is 17.7. The molecule has 0 heterocycles. The van der Waals surface area contributed by atoms with Gasteiger partial charge in [0.15, 0.2) is 0 Å². The van der Waals surface area contributed by atoms with Gasteiger partial charge in [-0.3, -0.25) is 28.8 Å². The molecule has 0 aromatic carbocycles.